The molecule has 1 aromatic rings. The number of pyridine rings is 1. The number of fused-ring (bicyclic) bond motifs is 1. The first-order valence-corrected chi connectivity index (χ1v) is 10.9. The van der Waals surface area contributed by atoms with E-state index in [1.807, 2.05) is 0 Å². The van der Waals surface area contributed by atoms with Gasteiger partial charge >= 0.3 is 5.97 Å². The normalized spacial score (nSPS) is 15.5. The van der Waals surface area contributed by atoms with Crippen LogP contribution in [0, 0.1) is 12.3 Å². The number of nitrogens with one attached hydrogen (secondary N) is 2. The molecule has 0 radical (unpaired) electrons. The molecule has 0 spiro atoms. The highest BCUT2D eigenvalue weighted by Gasteiger charge is 2.23. The van der Waals surface area contributed by atoms with Gasteiger partial charge in [-0.15, -0.1) is 6.42 Å². The lowest BCUT2D eigenvalue weighted by Crippen LogP contribution is -2.42. The van der Waals surface area contributed by atoms with Crippen molar-refractivity contribution in [3.63, 3.8) is 0 Å². The third-order valence-electron chi connectivity index (χ3n) is 5.03. The lowest BCUT2D eigenvalue weighted by Gasteiger charge is -2.17. The van der Waals surface area contributed by atoms with Crippen LogP contribution in [0.4, 0.5) is 5.82 Å². The Morgan fingerprint density at radius 2 is 2.13 bits per heavy atom. The Hall–Kier alpha value is -3.08. The zero-order valence-electron chi connectivity index (χ0n) is 18.4. The molecule has 8 heteroatoms. The standard InChI is InChI=1S/C13H18N2O4.C10H14N2/c1-3-10(8-13(18)19-4-2)14-11(16)9-15-7-5-6-12(15)17;1-2-9-6-5-8-4-3-7-11-10(8)12-9/h1,10H,4-9H2,2H3,(H,14,16);5-6H,2-4,7H2,1H3,(H,11,12)/t10-;/m1./s1. The number of anilines is 1. The predicted octanol–water partition coefficient (Wildman–Crippen LogP) is 1.68. The highest BCUT2D eigenvalue weighted by Crippen LogP contribution is 2.19. The third-order valence-corrected chi connectivity index (χ3v) is 5.03. The topological polar surface area (TPSA) is 101 Å². The molecule has 0 aromatic carbocycles. The molecule has 2 aliphatic heterocycles. The molecular formula is C23H32N4O4. The van der Waals surface area contributed by atoms with E-state index in [0.717, 1.165) is 25.2 Å². The van der Waals surface area contributed by atoms with Crippen LogP contribution in [0.3, 0.4) is 0 Å². The molecule has 1 fully saturated rings. The minimum atomic E-state index is -0.704. The summed E-state index contributed by atoms with van der Waals surface area (Å²) in [5.41, 5.74) is 2.56. The van der Waals surface area contributed by atoms with Crippen molar-refractivity contribution < 1.29 is 19.1 Å². The molecule has 1 saturated heterocycles. The lowest BCUT2D eigenvalue weighted by molar-refractivity contribution is -0.143. The first-order chi connectivity index (χ1) is 15.0. The second-order valence-corrected chi connectivity index (χ2v) is 7.41. The number of ether oxygens (including phenoxy) is 1. The average Bonchev–Trinajstić information content (AvgIpc) is 3.17. The molecule has 2 amide bonds. The second kappa shape index (κ2) is 12.6. The Labute approximate surface area is 184 Å². The van der Waals surface area contributed by atoms with Crippen molar-refractivity contribution in [1.82, 2.24) is 15.2 Å². The zero-order valence-corrected chi connectivity index (χ0v) is 18.4. The van der Waals surface area contributed by atoms with Crippen molar-refractivity contribution in [1.29, 1.82) is 0 Å². The van der Waals surface area contributed by atoms with Gasteiger partial charge in [-0.3, -0.25) is 14.4 Å². The molecule has 2 N–H and O–H groups in total. The summed E-state index contributed by atoms with van der Waals surface area (Å²) >= 11 is 0. The molecular weight excluding hydrogens is 396 g/mol. The largest absolute Gasteiger partial charge is 0.466 e. The van der Waals surface area contributed by atoms with Crippen LogP contribution < -0.4 is 10.6 Å². The van der Waals surface area contributed by atoms with Crippen LogP contribution in [0.5, 0.6) is 0 Å². The van der Waals surface area contributed by atoms with E-state index in [-0.39, 0.29) is 31.4 Å². The number of aromatic nitrogens is 1. The van der Waals surface area contributed by atoms with Gasteiger partial charge in [-0.1, -0.05) is 18.9 Å². The van der Waals surface area contributed by atoms with Gasteiger partial charge in [0.25, 0.3) is 0 Å². The molecule has 1 atom stereocenters. The van der Waals surface area contributed by atoms with E-state index in [4.69, 9.17) is 11.2 Å². The maximum absolute atomic E-state index is 11.7. The molecule has 0 aliphatic carbocycles. The molecule has 2 aliphatic rings. The van der Waals surface area contributed by atoms with Gasteiger partial charge in [0.05, 0.1) is 19.6 Å². The van der Waals surface area contributed by atoms with Crippen molar-refractivity contribution in [3.8, 4) is 12.3 Å². The number of amides is 2. The van der Waals surface area contributed by atoms with Crippen molar-refractivity contribution in [2.45, 2.75) is 58.4 Å². The molecule has 0 unspecified atom stereocenters. The quantitative estimate of drug-likeness (QED) is 0.506. The first kappa shape index (κ1) is 24.2. The molecule has 168 valence electrons. The van der Waals surface area contributed by atoms with Crippen LogP contribution in [0.25, 0.3) is 0 Å². The molecule has 31 heavy (non-hydrogen) atoms. The Bertz CT molecular complexity index is 818. The number of carbonyl (C=O) groups is 3. The predicted molar refractivity (Wildman–Crippen MR) is 118 cm³/mol. The molecule has 3 heterocycles. The Balaban J connectivity index is 0.000000242. The van der Waals surface area contributed by atoms with E-state index in [2.05, 4.69) is 40.6 Å². The number of hydrogen-bond acceptors (Lipinski definition) is 6. The second-order valence-electron chi connectivity index (χ2n) is 7.41. The SMILES string of the molecule is C#C[C@H](CC(=O)OCC)NC(=O)CN1CCCC1=O.CCc1ccc2c(n1)NCCC2. The van der Waals surface area contributed by atoms with Gasteiger partial charge < -0.3 is 20.3 Å². The number of aryl methyl sites for hydroxylation is 2. The number of rotatable bonds is 7. The fraction of sp³-hybridized carbons (Fsp3) is 0.565. The van der Waals surface area contributed by atoms with E-state index in [9.17, 15) is 14.4 Å². The van der Waals surface area contributed by atoms with E-state index in [1.54, 1.807) is 6.92 Å². The number of terminal acetylenes is 1. The monoisotopic (exact) mass is 428 g/mol. The summed E-state index contributed by atoms with van der Waals surface area (Å²) in [7, 11) is 0. The van der Waals surface area contributed by atoms with Gasteiger partial charge in [0.1, 0.15) is 11.9 Å². The smallest absolute Gasteiger partial charge is 0.308 e. The van der Waals surface area contributed by atoms with E-state index < -0.39 is 12.0 Å². The molecule has 0 bridgehead atoms. The number of likely N-dealkylation sites (tertiary alicyclic amines) is 1. The van der Waals surface area contributed by atoms with Gasteiger partial charge in [-0.25, -0.2) is 4.98 Å². The molecule has 0 saturated carbocycles. The minimum absolute atomic E-state index is 0.0140. The number of hydrogen-bond donors (Lipinski definition) is 2. The number of carbonyl (C=O) groups excluding carboxylic acids is 3. The summed E-state index contributed by atoms with van der Waals surface area (Å²) in [5, 5.41) is 5.86. The van der Waals surface area contributed by atoms with Crippen LogP contribution in [0.15, 0.2) is 12.1 Å². The fourth-order valence-electron chi connectivity index (χ4n) is 3.39. The maximum atomic E-state index is 11.7. The summed E-state index contributed by atoms with van der Waals surface area (Å²) in [6.45, 7) is 5.75. The van der Waals surface area contributed by atoms with Crippen LogP contribution in [0.2, 0.25) is 0 Å². The lowest BCUT2D eigenvalue weighted by atomic mass is 10.1. The average molecular weight is 429 g/mol. The molecule has 1 aromatic heterocycles. The van der Waals surface area contributed by atoms with Crippen molar-refractivity contribution >= 4 is 23.6 Å². The van der Waals surface area contributed by atoms with Crippen molar-refractivity contribution in [2.24, 2.45) is 0 Å². The van der Waals surface area contributed by atoms with Gasteiger partial charge in [0.2, 0.25) is 11.8 Å². The Morgan fingerprint density at radius 1 is 1.32 bits per heavy atom. The van der Waals surface area contributed by atoms with Crippen LogP contribution in [-0.4, -0.2) is 60.0 Å². The van der Waals surface area contributed by atoms with Crippen LogP contribution in [0.1, 0.15) is 50.8 Å². The highest BCUT2D eigenvalue weighted by molar-refractivity contribution is 5.86. The summed E-state index contributed by atoms with van der Waals surface area (Å²) < 4.78 is 4.76. The van der Waals surface area contributed by atoms with Crippen LogP contribution >= 0.6 is 0 Å². The molecule has 3 rings (SSSR count). The summed E-state index contributed by atoms with van der Waals surface area (Å²) in [4.78, 5) is 40.3. The van der Waals surface area contributed by atoms with E-state index in [1.165, 1.54) is 29.0 Å². The van der Waals surface area contributed by atoms with E-state index >= 15 is 0 Å². The third kappa shape index (κ3) is 7.93. The van der Waals surface area contributed by atoms with E-state index in [0.29, 0.717) is 13.0 Å². The van der Waals surface area contributed by atoms with Gasteiger partial charge in [0, 0.05) is 25.2 Å². The van der Waals surface area contributed by atoms with Gasteiger partial charge in [-0.05, 0) is 44.2 Å². The highest BCUT2D eigenvalue weighted by atomic mass is 16.5. The first-order valence-electron chi connectivity index (χ1n) is 10.9. The summed E-state index contributed by atoms with van der Waals surface area (Å²) in [6.07, 6.45) is 9.87. The summed E-state index contributed by atoms with van der Waals surface area (Å²) in [6, 6.07) is 3.63. The number of nitrogens with zero attached hydrogens (tertiary/aromatic N) is 2. The summed E-state index contributed by atoms with van der Waals surface area (Å²) in [5.74, 6) is 2.59. The maximum Gasteiger partial charge on any atom is 0.308 e. The molecule has 8 nitrogen and oxygen atoms in total. The minimum Gasteiger partial charge on any atom is -0.466 e. The van der Waals surface area contributed by atoms with Gasteiger partial charge in [-0.2, -0.15) is 0 Å². The van der Waals surface area contributed by atoms with Crippen molar-refractivity contribution in [3.05, 3.63) is 23.4 Å². The van der Waals surface area contributed by atoms with Crippen LogP contribution in [-0.2, 0) is 32.0 Å². The Morgan fingerprint density at radius 3 is 2.77 bits per heavy atom. The zero-order chi connectivity index (χ0) is 22.6. The fourth-order valence-corrected chi connectivity index (χ4v) is 3.39. The van der Waals surface area contributed by atoms with Gasteiger partial charge in [0.15, 0.2) is 0 Å². The number of esters is 1. The Kier molecular flexibility index (Phi) is 9.82. The van der Waals surface area contributed by atoms with Crippen molar-refractivity contribution in [2.75, 3.05) is 31.6 Å².